The lowest BCUT2D eigenvalue weighted by Crippen LogP contribution is -2.33. The van der Waals surface area contributed by atoms with Gasteiger partial charge in [-0.15, -0.1) is 0 Å². The summed E-state index contributed by atoms with van der Waals surface area (Å²) in [5.74, 6) is 0.700. The van der Waals surface area contributed by atoms with E-state index in [1.54, 1.807) is 6.07 Å². The van der Waals surface area contributed by atoms with Crippen LogP contribution in [-0.2, 0) is 6.54 Å². The van der Waals surface area contributed by atoms with Crippen molar-refractivity contribution >= 4 is 17.1 Å². The molecular formula is C21H27N3O2. The molecule has 2 aromatic rings. The summed E-state index contributed by atoms with van der Waals surface area (Å²) in [5.41, 5.74) is 5.39. The summed E-state index contributed by atoms with van der Waals surface area (Å²) in [7, 11) is 0. The molecule has 1 saturated heterocycles. The Morgan fingerprint density at radius 2 is 1.92 bits per heavy atom. The Labute approximate surface area is 155 Å². The highest BCUT2D eigenvalue weighted by atomic mass is 16.6. The number of benzene rings is 2. The lowest BCUT2D eigenvalue weighted by atomic mass is 9.98. The van der Waals surface area contributed by atoms with Crippen molar-refractivity contribution in [1.82, 2.24) is 0 Å². The minimum Gasteiger partial charge on any atom is -0.381 e. The summed E-state index contributed by atoms with van der Waals surface area (Å²) in [6.45, 7) is 8.76. The first-order valence-electron chi connectivity index (χ1n) is 9.28. The third-order valence-electron chi connectivity index (χ3n) is 5.45. The van der Waals surface area contributed by atoms with Crippen molar-refractivity contribution in [2.75, 3.05) is 23.3 Å². The van der Waals surface area contributed by atoms with Crippen LogP contribution in [0.1, 0.15) is 36.5 Å². The molecule has 138 valence electrons. The number of nitro groups is 1. The van der Waals surface area contributed by atoms with Gasteiger partial charge in [0, 0.05) is 31.4 Å². The van der Waals surface area contributed by atoms with E-state index in [0.717, 1.165) is 42.9 Å². The van der Waals surface area contributed by atoms with E-state index in [1.807, 2.05) is 24.3 Å². The summed E-state index contributed by atoms with van der Waals surface area (Å²) in [4.78, 5) is 13.5. The first kappa shape index (κ1) is 18.2. The van der Waals surface area contributed by atoms with E-state index in [0.29, 0.717) is 12.5 Å². The predicted octanol–water partition coefficient (Wildman–Crippen LogP) is 5.06. The Morgan fingerprint density at radius 3 is 2.62 bits per heavy atom. The molecule has 1 fully saturated rings. The minimum atomic E-state index is -0.255. The minimum absolute atomic E-state index is 0.208. The molecule has 5 nitrogen and oxygen atoms in total. The molecular weight excluding hydrogens is 326 g/mol. The van der Waals surface area contributed by atoms with Crippen LogP contribution in [0, 0.1) is 29.9 Å². The molecule has 0 unspecified atom stereocenters. The Morgan fingerprint density at radius 1 is 1.19 bits per heavy atom. The topological polar surface area (TPSA) is 58.4 Å². The van der Waals surface area contributed by atoms with E-state index >= 15 is 0 Å². The molecule has 1 N–H and O–H groups in total. The number of hydrogen-bond donors (Lipinski definition) is 1. The molecule has 0 amide bonds. The largest absolute Gasteiger partial charge is 0.381 e. The average molecular weight is 353 g/mol. The molecule has 1 aliphatic heterocycles. The zero-order chi connectivity index (χ0) is 18.7. The third-order valence-corrected chi connectivity index (χ3v) is 5.45. The quantitative estimate of drug-likeness (QED) is 0.603. The van der Waals surface area contributed by atoms with Crippen molar-refractivity contribution in [1.29, 1.82) is 0 Å². The van der Waals surface area contributed by atoms with Gasteiger partial charge >= 0.3 is 0 Å². The zero-order valence-corrected chi connectivity index (χ0v) is 15.8. The van der Waals surface area contributed by atoms with E-state index in [4.69, 9.17) is 0 Å². The van der Waals surface area contributed by atoms with Crippen LogP contribution in [0.25, 0.3) is 0 Å². The number of piperidine rings is 1. The summed E-state index contributed by atoms with van der Waals surface area (Å²) in [6.07, 6.45) is 2.18. The van der Waals surface area contributed by atoms with Gasteiger partial charge in [0.25, 0.3) is 5.69 Å². The van der Waals surface area contributed by atoms with Gasteiger partial charge in [-0.2, -0.15) is 0 Å². The number of rotatable bonds is 5. The van der Waals surface area contributed by atoms with Gasteiger partial charge in [0.15, 0.2) is 0 Å². The van der Waals surface area contributed by atoms with Gasteiger partial charge in [0.05, 0.1) is 4.92 Å². The number of anilines is 2. The maximum absolute atomic E-state index is 11.6. The average Bonchev–Trinajstić information content (AvgIpc) is 2.63. The SMILES string of the molecule is Cc1cccc(NCc2ccc(N3CCC(C)CC3)c([N+](=O)[O-])c2)c1C. The monoisotopic (exact) mass is 353 g/mol. The molecule has 0 saturated carbocycles. The fourth-order valence-corrected chi connectivity index (χ4v) is 3.48. The van der Waals surface area contributed by atoms with Crippen molar-refractivity contribution in [3.8, 4) is 0 Å². The predicted molar refractivity (Wildman–Crippen MR) is 107 cm³/mol. The Hall–Kier alpha value is -2.56. The van der Waals surface area contributed by atoms with Crippen LogP contribution in [0.3, 0.4) is 0 Å². The molecule has 2 aromatic carbocycles. The highest BCUT2D eigenvalue weighted by molar-refractivity contribution is 5.65. The number of nitrogens with one attached hydrogen (secondary N) is 1. The summed E-state index contributed by atoms with van der Waals surface area (Å²) in [6, 6.07) is 11.8. The highest BCUT2D eigenvalue weighted by Gasteiger charge is 2.23. The fraction of sp³-hybridized carbons (Fsp3) is 0.429. The van der Waals surface area contributed by atoms with Crippen LogP contribution in [0.4, 0.5) is 17.1 Å². The lowest BCUT2D eigenvalue weighted by Gasteiger charge is -2.31. The summed E-state index contributed by atoms with van der Waals surface area (Å²) < 4.78 is 0. The normalized spacial score (nSPS) is 15.1. The molecule has 3 rings (SSSR count). The number of hydrogen-bond acceptors (Lipinski definition) is 4. The van der Waals surface area contributed by atoms with Crippen LogP contribution < -0.4 is 10.2 Å². The van der Waals surface area contributed by atoms with Gasteiger partial charge in [-0.05, 0) is 61.4 Å². The second kappa shape index (κ2) is 7.77. The molecule has 0 aliphatic carbocycles. The molecule has 0 spiro atoms. The van der Waals surface area contributed by atoms with Gasteiger partial charge in [0.2, 0.25) is 0 Å². The van der Waals surface area contributed by atoms with Gasteiger partial charge in [-0.1, -0.05) is 25.1 Å². The van der Waals surface area contributed by atoms with Crippen molar-refractivity contribution in [2.24, 2.45) is 5.92 Å². The van der Waals surface area contributed by atoms with E-state index in [2.05, 4.69) is 37.1 Å². The first-order valence-corrected chi connectivity index (χ1v) is 9.28. The lowest BCUT2D eigenvalue weighted by molar-refractivity contribution is -0.384. The Kier molecular flexibility index (Phi) is 5.45. The molecule has 0 aromatic heterocycles. The van der Waals surface area contributed by atoms with Crippen molar-refractivity contribution in [2.45, 2.75) is 40.2 Å². The van der Waals surface area contributed by atoms with E-state index in [9.17, 15) is 10.1 Å². The van der Waals surface area contributed by atoms with Crippen LogP contribution >= 0.6 is 0 Å². The highest BCUT2D eigenvalue weighted by Crippen LogP contribution is 2.32. The molecule has 0 atom stereocenters. The van der Waals surface area contributed by atoms with Crippen LogP contribution in [0.2, 0.25) is 0 Å². The second-order valence-corrected chi connectivity index (χ2v) is 7.35. The van der Waals surface area contributed by atoms with Crippen molar-refractivity contribution < 1.29 is 4.92 Å². The summed E-state index contributed by atoms with van der Waals surface area (Å²) in [5, 5.41) is 15.0. The maximum Gasteiger partial charge on any atom is 0.292 e. The number of nitrogens with zero attached hydrogens (tertiary/aromatic N) is 2. The maximum atomic E-state index is 11.6. The van der Waals surface area contributed by atoms with E-state index < -0.39 is 0 Å². The number of nitro benzene ring substituents is 1. The zero-order valence-electron chi connectivity index (χ0n) is 15.8. The van der Waals surface area contributed by atoms with Gasteiger partial charge in [0.1, 0.15) is 5.69 Å². The Balaban J connectivity index is 1.78. The molecule has 5 heteroatoms. The molecule has 1 heterocycles. The first-order chi connectivity index (χ1) is 12.5. The molecule has 0 radical (unpaired) electrons. The third kappa shape index (κ3) is 3.98. The van der Waals surface area contributed by atoms with E-state index in [-0.39, 0.29) is 10.6 Å². The molecule has 0 bridgehead atoms. The van der Waals surface area contributed by atoms with Gasteiger partial charge < -0.3 is 10.2 Å². The molecule has 26 heavy (non-hydrogen) atoms. The van der Waals surface area contributed by atoms with Crippen molar-refractivity contribution in [3.05, 3.63) is 63.2 Å². The fourth-order valence-electron chi connectivity index (χ4n) is 3.48. The van der Waals surface area contributed by atoms with Gasteiger partial charge in [-0.25, -0.2) is 0 Å². The Bertz CT molecular complexity index is 796. The van der Waals surface area contributed by atoms with Crippen molar-refractivity contribution in [3.63, 3.8) is 0 Å². The van der Waals surface area contributed by atoms with Crippen LogP contribution in [-0.4, -0.2) is 18.0 Å². The standard InChI is InChI=1S/C21H27N3O2/c1-15-9-11-23(12-10-15)20-8-7-18(13-21(20)24(25)26)14-22-19-6-4-5-16(2)17(19)3/h4-8,13,15,22H,9-12,14H2,1-3H3. The molecule has 1 aliphatic rings. The van der Waals surface area contributed by atoms with Gasteiger partial charge in [-0.3, -0.25) is 10.1 Å². The van der Waals surface area contributed by atoms with Crippen LogP contribution in [0.5, 0.6) is 0 Å². The van der Waals surface area contributed by atoms with Crippen LogP contribution in [0.15, 0.2) is 36.4 Å². The second-order valence-electron chi connectivity index (χ2n) is 7.35. The smallest absolute Gasteiger partial charge is 0.292 e. The summed E-state index contributed by atoms with van der Waals surface area (Å²) >= 11 is 0. The number of aryl methyl sites for hydroxylation is 1. The van der Waals surface area contributed by atoms with E-state index in [1.165, 1.54) is 11.1 Å².